The van der Waals surface area contributed by atoms with E-state index < -0.39 is 20.5 Å². The molecule has 8 nitrogen and oxygen atoms in total. The third kappa shape index (κ3) is 7.31. The maximum atomic E-state index is 13.1. The summed E-state index contributed by atoms with van der Waals surface area (Å²) in [7, 11) is -1.91. The van der Waals surface area contributed by atoms with E-state index in [1.807, 2.05) is 44.2 Å². The van der Waals surface area contributed by atoms with Gasteiger partial charge in [0.25, 0.3) is 5.91 Å². The van der Waals surface area contributed by atoms with E-state index in [1.54, 1.807) is 30.0 Å². The molecule has 40 heavy (non-hydrogen) atoms. The van der Waals surface area contributed by atoms with Crippen molar-refractivity contribution in [2.45, 2.75) is 84.8 Å². The van der Waals surface area contributed by atoms with Gasteiger partial charge in [-0.3, -0.25) is 9.59 Å². The number of carbonyl (C=O) groups excluding carboxylic acids is 3. The van der Waals surface area contributed by atoms with Crippen LogP contribution in [0.1, 0.15) is 75.5 Å². The number of fused-ring (bicyclic) bond motifs is 1. The topological polar surface area (TPSA) is 97.0 Å². The maximum absolute atomic E-state index is 13.1. The minimum Gasteiger partial charge on any atom is -0.445 e. The van der Waals surface area contributed by atoms with E-state index in [0.717, 1.165) is 5.56 Å². The monoisotopic (exact) mass is 567 g/mol. The van der Waals surface area contributed by atoms with Crippen molar-refractivity contribution in [1.29, 1.82) is 0 Å². The standard InChI is InChI=1S/C31H45N3O5Si/c1-9-26-21(2)28(33-30(37)38-20-23-13-11-10-12-14-23)25-19-24(15-16-27(25)34(26)22(3)35)29(36)32-17-18-39-40(7,8)31(4,5)6/h10-16,19,21,26,28H,9,17-18,20H2,1-8H3,(H,32,36)(H,33,37). The first kappa shape index (κ1) is 31.4. The minimum atomic E-state index is -1.91. The molecule has 1 aliphatic heterocycles. The van der Waals surface area contributed by atoms with E-state index in [1.165, 1.54) is 0 Å². The van der Waals surface area contributed by atoms with E-state index in [9.17, 15) is 14.4 Å². The molecule has 0 spiro atoms. The molecule has 0 aromatic heterocycles. The van der Waals surface area contributed by atoms with Gasteiger partial charge in [0.1, 0.15) is 6.61 Å². The molecule has 3 atom stereocenters. The van der Waals surface area contributed by atoms with Crippen molar-refractivity contribution in [2.24, 2.45) is 5.92 Å². The quantitative estimate of drug-likeness (QED) is 0.278. The average molecular weight is 568 g/mol. The number of anilines is 1. The van der Waals surface area contributed by atoms with Crippen molar-refractivity contribution in [2.75, 3.05) is 18.1 Å². The Labute approximate surface area is 239 Å². The zero-order valence-electron chi connectivity index (χ0n) is 25.2. The summed E-state index contributed by atoms with van der Waals surface area (Å²) in [5, 5.41) is 6.07. The van der Waals surface area contributed by atoms with Gasteiger partial charge < -0.3 is 24.7 Å². The number of rotatable bonds is 9. The van der Waals surface area contributed by atoms with Gasteiger partial charge >= 0.3 is 6.09 Å². The summed E-state index contributed by atoms with van der Waals surface area (Å²) >= 11 is 0. The van der Waals surface area contributed by atoms with Crippen molar-refractivity contribution >= 4 is 31.9 Å². The van der Waals surface area contributed by atoms with Gasteiger partial charge in [-0.2, -0.15) is 0 Å². The second kappa shape index (κ2) is 13.0. The minimum absolute atomic E-state index is 0.0787. The van der Waals surface area contributed by atoms with Crippen LogP contribution < -0.4 is 15.5 Å². The second-order valence-corrected chi connectivity index (χ2v) is 16.9. The lowest BCUT2D eigenvalue weighted by Gasteiger charge is -2.45. The lowest BCUT2D eigenvalue weighted by atomic mass is 9.80. The lowest BCUT2D eigenvalue weighted by Crippen LogP contribution is -2.52. The molecule has 0 bridgehead atoms. The number of amides is 3. The molecule has 0 fully saturated rings. The maximum Gasteiger partial charge on any atom is 0.407 e. The molecular formula is C31H45N3O5Si. The predicted octanol–water partition coefficient (Wildman–Crippen LogP) is 6.19. The van der Waals surface area contributed by atoms with Crippen LogP contribution >= 0.6 is 0 Å². The van der Waals surface area contributed by atoms with Crippen LogP contribution in [0.2, 0.25) is 18.1 Å². The summed E-state index contributed by atoms with van der Waals surface area (Å²) in [6, 6.07) is 14.2. The molecule has 1 aliphatic rings. The van der Waals surface area contributed by atoms with Crippen LogP contribution in [-0.4, -0.2) is 45.4 Å². The van der Waals surface area contributed by atoms with Crippen LogP contribution in [0.15, 0.2) is 48.5 Å². The molecule has 1 heterocycles. The Kier molecular flexibility index (Phi) is 10.2. The Balaban J connectivity index is 1.80. The summed E-state index contributed by atoms with van der Waals surface area (Å²) < 4.78 is 11.7. The molecule has 218 valence electrons. The first-order valence-electron chi connectivity index (χ1n) is 14.1. The van der Waals surface area contributed by atoms with E-state index in [4.69, 9.17) is 9.16 Å². The van der Waals surface area contributed by atoms with E-state index in [0.29, 0.717) is 36.4 Å². The molecule has 0 radical (unpaired) electrons. The van der Waals surface area contributed by atoms with Gasteiger partial charge in [0.05, 0.1) is 12.6 Å². The van der Waals surface area contributed by atoms with Crippen molar-refractivity contribution in [3.63, 3.8) is 0 Å². The fourth-order valence-electron chi connectivity index (χ4n) is 4.93. The highest BCUT2D eigenvalue weighted by Gasteiger charge is 2.41. The number of hydrogen-bond donors (Lipinski definition) is 2. The lowest BCUT2D eigenvalue weighted by molar-refractivity contribution is -0.117. The van der Waals surface area contributed by atoms with Gasteiger partial charge in [0, 0.05) is 36.7 Å². The first-order valence-corrected chi connectivity index (χ1v) is 17.0. The molecule has 9 heteroatoms. The molecule has 3 amide bonds. The zero-order chi connectivity index (χ0) is 29.7. The highest BCUT2D eigenvalue weighted by Crippen LogP contribution is 2.42. The Hall–Kier alpha value is -3.17. The fraction of sp³-hybridized carbons (Fsp3) is 0.516. The molecule has 0 aliphatic carbocycles. The molecule has 0 saturated heterocycles. The van der Waals surface area contributed by atoms with Crippen molar-refractivity contribution in [1.82, 2.24) is 10.6 Å². The number of nitrogens with zero attached hydrogens (tertiary/aromatic N) is 1. The Morgan fingerprint density at radius 3 is 2.33 bits per heavy atom. The highest BCUT2D eigenvalue weighted by atomic mass is 28.4. The molecule has 2 aromatic rings. The Morgan fingerprint density at radius 1 is 1.05 bits per heavy atom. The van der Waals surface area contributed by atoms with Crippen molar-refractivity contribution < 1.29 is 23.5 Å². The molecule has 2 N–H and O–H groups in total. The van der Waals surface area contributed by atoms with Crippen LogP contribution in [-0.2, 0) is 20.6 Å². The number of nitrogens with one attached hydrogen (secondary N) is 2. The largest absolute Gasteiger partial charge is 0.445 e. The summed E-state index contributed by atoms with van der Waals surface area (Å²) in [5.41, 5.74) is 2.76. The molecule has 3 rings (SSSR count). The van der Waals surface area contributed by atoms with Crippen LogP contribution in [0, 0.1) is 5.92 Å². The fourth-order valence-corrected chi connectivity index (χ4v) is 5.98. The van der Waals surface area contributed by atoms with Crippen LogP contribution in [0.5, 0.6) is 0 Å². The van der Waals surface area contributed by atoms with E-state index in [-0.39, 0.29) is 35.4 Å². The van der Waals surface area contributed by atoms with Gasteiger partial charge in [-0.05, 0) is 53.9 Å². The Morgan fingerprint density at radius 2 is 1.73 bits per heavy atom. The summed E-state index contributed by atoms with van der Waals surface area (Å²) in [5.74, 6) is -0.418. The van der Waals surface area contributed by atoms with Crippen molar-refractivity contribution in [3.8, 4) is 0 Å². The van der Waals surface area contributed by atoms with Gasteiger partial charge in [-0.1, -0.05) is 65.0 Å². The number of carbonyl (C=O) groups is 3. The predicted molar refractivity (Wildman–Crippen MR) is 161 cm³/mol. The van der Waals surface area contributed by atoms with Crippen LogP contribution in [0.25, 0.3) is 0 Å². The normalized spacial score (nSPS) is 19.0. The smallest absolute Gasteiger partial charge is 0.407 e. The van der Waals surface area contributed by atoms with Crippen LogP contribution in [0.3, 0.4) is 0 Å². The van der Waals surface area contributed by atoms with Crippen LogP contribution in [0.4, 0.5) is 10.5 Å². The average Bonchev–Trinajstić information content (AvgIpc) is 2.90. The summed E-state index contributed by atoms with van der Waals surface area (Å²) in [6.07, 6.45) is 0.170. The molecule has 3 unspecified atom stereocenters. The molecular weight excluding hydrogens is 522 g/mol. The van der Waals surface area contributed by atoms with Gasteiger partial charge in [0.2, 0.25) is 5.91 Å². The third-order valence-electron chi connectivity index (χ3n) is 8.25. The van der Waals surface area contributed by atoms with Gasteiger partial charge in [0.15, 0.2) is 8.32 Å². The number of benzene rings is 2. The summed E-state index contributed by atoms with van der Waals surface area (Å²) in [4.78, 5) is 40.5. The number of hydrogen-bond acceptors (Lipinski definition) is 5. The van der Waals surface area contributed by atoms with E-state index >= 15 is 0 Å². The summed E-state index contributed by atoms with van der Waals surface area (Å²) in [6.45, 7) is 17.5. The number of alkyl carbamates (subject to hydrolysis) is 1. The SMILES string of the molecule is CCC1C(C)C(NC(=O)OCc2ccccc2)c2cc(C(=O)NCCO[Si](C)(C)C(C)(C)C)ccc2N1C(C)=O. The Bertz CT molecular complexity index is 1200. The second-order valence-electron chi connectivity index (χ2n) is 12.0. The zero-order valence-corrected chi connectivity index (χ0v) is 26.2. The van der Waals surface area contributed by atoms with Crippen molar-refractivity contribution in [3.05, 3.63) is 65.2 Å². The van der Waals surface area contributed by atoms with E-state index in [2.05, 4.69) is 44.5 Å². The number of ether oxygens (including phenoxy) is 1. The third-order valence-corrected chi connectivity index (χ3v) is 12.8. The highest BCUT2D eigenvalue weighted by molar-refractivity contribution is 6.74. The van der Waals surface area contributed by atoms with Gasteiger partial charge in [-0.25, -0.2) is 4.79 Å². The van der Waals surface area contributed by atoms with Gasteiger partial charge in [-0.15, -0.1) is 0 Å². The first-order chi connectivity index (χ1) is 18.8. The molecule has 2 aromatic carbocycles. The molecule has 0 saturated carbocycles.